The van der Waals surface area contributed by atoms with Gasteiger partial charge < -0.3 is 14.4 Å². The first-order valence-corrected chi connectivity index (χ1v) is 6.88. The van der Waals surface area contributed by atoms with Gasteiger partial charge in [0.05, 0.1) is 0 Å². The maximum Gasteiger partial charge on any atom is 0.325 e. The van der Waals surface area contributed by atoms with Crippen LogP contribution in [-0.2, 0) is 9.53 Å². The number of ether oxygens (including phenoxy) is 2. The highest BCUT2D eigenvalue weighted by molar-refractivity contribution is 5.71. The maximum atomic E-state index is 11.6. The number of carbonyl (C=O) groups is 1. The molecule has 0 heterocycles. The number of hydrogen-bond acceptors (Lipinski definition) is 6. The molecule has 0 aliphatic carbocycles. The van der Waals surface area contributed by atoms with E-state index in [2.05, 4.69) is 0 Å². The van der Waals surface area contributed by atoms with Gasteiger partial charge in [0, 0.05) is 7.05 Å². The van der Waals surface area contributed by atoms with Gasteiger partial charge in [0.1, 0.15) is 43.2 Å². The van der Waals surface area contributed by atoms with Crippen molar-refractivity contribution in [1.29, 1.82) is 10.5 Å². The number of nitrogens with zero attached hydrogens (tertiary/aromatic N) is 3. The second kappa shape index (κ2) is 10.5. The Morgan fingerprint density at radius 3 is 2.57 bits per heavy atom. The summed E-state index contributed by atoms with van der Waals surface area (Å²) in [7, 11) is 1.69. The van der Waals surface area contributed by atoms with E-state index in [9.17, 15) is 4.79 Å². The molecule has 0 aromatic heterocycles. The maximum absolute atomic E-state index is 11.6. The average molecular weight is 311 g/mol. The molecule has 0 aliphatic rings. The Morgan fingerprint density at radius 1 is 1.22 bits per heavy atom. The topological polar surface area (TPSA) is 86.4 Å². The van der Waals surface area contributed by atoms with Crippen molar-refractivity contribution >= 4 is 5.97 Å². The summed E-state index contributed by atoms with van der Waals surface area (Å²) in [4.78, 5) is 13.2. The van der Waals surface area contributed by atoms with Crippen molar-refractivity contribution in [2.24, 2.45) is 0 Å². The lowest BCUT2D eigenvalue weighted by Gasteiger charge is -2.13. The van der Waals surface area contributed by atoms with Crippen molar-refractivity contribution < 1.29 is 14.3 Å². The van der Waals surface area contributed by atoms with Crippen LogP contribution in [0.4, 0.5) is 0 Å². The third kappa shape index (κ3) is 7.93. The van der Waals surface area contributed by atoms with E-state index >= 15 is 0 Å². The number of esters is 1. The van der Waals surface area contributed by atoms with Crippen LogP contribution in [0.2, 0.25) is 0 Å². The molecule has 1 rings (SSSR count). The van der Waals surface area contributed by atoms with Gasteiger partial charge in [-0.25, -0.2) is 0 Å². The fraction of sp³-hybridized carbons (Fsp3) is 0.235. The van der Waals surface area contributed by atoms with Crippen LogP contribution < -0.4 is 4.74 Å². The number of allylic oxidation sites excluding steroid dienone is 3. The molecule has 0 saturated carbocycles. The van der Waals surface area contributed by atoms with Crippen molar-refractivity contribution in [3.63, 3.8) is 0 Å². The normalized spacial score (nSPS) is 9.52. The van der Waals surface area contributed by atoms with Crippen LogP contribution in [-0.4, -0.2) is 37.7 Å². The number of para-hydroxylation sites is 1. The number of carbonyl (C=O) groups excluding carboxylic acids is 1. The molecule has 0 aliphatic heterocycles. The molecule has 0 spiro atoms. The van der Waals surface area contributed by atoms with Crippen LogP contribution in [0.15, 0.2) is 54.3 Å². The van der Waals surface area contributed by atoms with Crippen molar-refractivity contribution in [3.05, 3.63) is 54.3 Å². The van der Waals surface area contributed by atoms with Crippen LogP contribution >= 0.6 is 0 Å². The largest absolute Gasteiger partial charge is 0.490 e. The van der Waals surface area contributed by atoms with Gasteiger partial charge in [0.15, 0.2) is 0 Å². The van der Waals surface area contributed by atoms with Crippen LogP contribution in [0.5, 0.6) is 5.75 Å². The van der Waals surface area contributed by atoms with Gasteiger partial charge in [0.25, 0.3) is 0 Å². The van der Waals surface area contributed by atoms with Gasteiger partial charge in [-0.05, 0) is 30.5 Å². The van der Waals surface area contributed by atoms with E-state index < -0.39 is 5.97 Å². The minimum absolute atomic E-state index is 0.00436. The lowest BCUT2D eigenvalue weighted by Crippen LogP contribution is -2.24. The smallest absolute Gasteiger partial charge is 0.325 e. The molecule has 0 saturated heterocycles. The molecule has 0 amide bonds. The van der Waals surface area contributed by atoms with Crippen molar-refractivity contribution in [1.82, 2.24) is 4.90 Å². The summed E-state index contributed by atoms with van der Waals surface area (Å²) < 4.78 is 10.4. The number of likely N-dealkylation sites (N-methyl/N-ethyl adjacent to an activating group) is 1. The predicted molar refractivity (Wildman–Crippen MR) is 84.0 cm³/mol. The second-order valence-corrected chi connectivity index (χ2v) is 4.44. The number of rotatable bonds is 8. The van der Waals surface area contributed by atoms with E-state index in [-0.39, 0.29) is 25.3 Å². The fourth-order valence-corrected chi connectivity index (χ4v) is 1.52. The highest BCUT2D eigenvalue weighted by atomic mass is 16.6. The predicted octanol–water partition coefficient (Wildman–Crippen LogP) is 2.03. The molecule has 0 bridgehead atoms. The standard InChI is InChI=1S/C17H17N3O3/c1-20(9-5-6-15(12-18)13-19)14-17(21)23-11-10-22-16-7-3-2-4-8-16/h2-9H,10-11,14H2,1H3. The summed E-state index contributed by atoms with van der Waals surface area (Å²) in [6.07, 6.45) is 4.47. The van der Waals surface area contributed by atoms with Gasteiger partial charge in [-0.15, -0.1) is 0 Å². The molecule has 118 valence electrons. The van der Waals surface area contributed by atoms with E-state index in [1.807, 2.05) is 30.3 Å². The molecule has 6 heteroatoms. The summed E-state index contributed by atoms with van der Waals surface area (Å²) in [5.74, 6) is 0.333. The van der Waals surface area contributed by atoms with Gasteiger partial charge in [-0.3, -0.25) is 4.79 Å². The molecule has 6 nitrogen and oxygen atoms in total. The highest BCUT2D eigenvalue weighted by Crippen LogP contribution is 2.07. The van der Waals surface area contributed by atoms with E-state index in [0.717, 1.165) is 5.75 Å². The van der Waals surface area contributed by atoms with Crippen molar-refractivity contribution in [2.45, 2.75) is 0 Å². The summed E-state index contributed by atoms with van der Waals surface area (Å²) in [6.45, 7) is 0.508. The summed E-state index contributed by atoms with van der Waals surface area (Å²) in [5, 5.41) is 17.1. The zero-order valence-electron chi connectivity index (χ0n) is 12.8. The third-order valence-corrected chi connectivity index (χ3v) is 2.58. The average Bonchev–Trinajstić information content (AvgIpc) is 2.56. The molecule has 0 atom stereocenters. The Labute approximate surface area is 135 Å². The first kappa shape index (κ1) is 17.8. The van der Waals surface area contributed by atoms with Gasteiger partial charge in [-0.2, -0.15) is 10.5 Å². The lowest BCUT2D eigenvalue weighted by molar-refractivity contribution is -0.144. The van der Waals surface area contributed by atoms with Crippen LogP contribution in [0.1, 0.15) is 0 Å². The Kier molecular flexibility index (Phi) is 8.11. The summed E-state index contributed by atoms with van der Waals surface area (Å²) >= 11 is 0. The molecular formula is C17H17N3O3. The van der Waals surface area contributed by atoms with E-state index in [4.69, 9.17) is 20.0 Å². The molecule has 1 aromatic carbocycles. The van der Waals surface area contributed by atoms with Gasteiger partial charge in [-0.1, -0.05) is 18.2 Å². The number of nitriles is 2. The van der Waals surface area contributed by atoms with Gasteiger partial charge in [0.2, 0.25) is 0 Å². The monoisotopic (exact) mass is 311 g/mol. The van der Waals surface area contributed by atoms with E-state index in [1.165, 1.54) is 12.2 Å². The van der Waals surface area contributed by atoms with Crippen LogP contribution in [0.3, 0.4) is 0 Å². The minimum Gasteiger partial charge on any atom is -0.490 e. The molecule has 0 unspecified atom stereocenters. The van der Waals surface area contributed by atoms with Crippen molar-refractivity contribution in [3.8, 4) is 17.9 Å². The second-order valence-electron chi connectivity index (χ2n) is 4.44. The number of benzene rings is 1. The molecule has 23 heavy (non-hydrogen) atoms. The zero-order valence-corrected chi connectivity index (χ0v) is 12.8. The quantitative estimate of drug-likeness (QED) is 0.316. The number of hydrogen-bond donors (Lipinski definition) is 0. The van der Waals surface area contributed by atoms with Crippen LogP contribution in [0.25, 0.3) is 0 Å². The van der Waals surface area contributed by atoms with Crippen molar-refractivity contribution in [2.75, 3.05) is 26.8 Å². The lowest BCUT2D eigenvalue weighted by atomic mass is 10.3. The van der Waals surface area contributed by atoms with Crippen LogP contribution in [0, 0.1) is 22.7 Å². The molecule has 0 N–H and O–H groups in total. The highest BCUT2D eigenvalue weighted by Gasteiger charge is 2.04. The first-order valence-electron chi connectivity index (χ1n) is 6.88. The fourth-order valence-electron chi connectivity index (χ4n) is 1.52. The molecule has 1 aromatic rings. The Hall–Kier alpha value is -3.25. The Balaban J connectivity index is 2.23. The third-order valence-electron chi connectivity index (χ3n) is 2.58. The van der Waals surface area contributed by atoms with Gasteiger partial charge >= 0.3 is 5.97 Å². The zero-order chi connectivity index (χ0) is 16.9. The molecular weight excluding hydrogens is 294 g/mol. The minimum atomic E-state index is -0.390. The van der Waals surface area contributed by atoms with E-state index in [0.29, 0.717) is 0 Å². The van der Waals surface area contributed by atoms with E-state index in [1.54, 1.807) is 30.3 Å². The molecule has 0 fully saturated rings. The SMILES string of the molecule is CN(C=CC=C(C#N)C#N)CC(=O)OCCOc1ccccc1. The Morgan fingerprint density at radius 2 is 1.91 bits per heavy atom. The molecule has 0 radical (unpaired) electrons. The summed E-state index contributed by atoms with van der Waals surface area (Å²) in [5.41, 5.74) is -0.00436. The Bertz CT molecular complexity index is 623. The first-order chi connectivity index (χ1) is 11.2. The summed E-state index contributed by atoms with van der Waals surface area (Å²) in [6, 6.07) is 12.7.